The summed E-state index contributed by atoms with van der Waals surface area (Å²) in [4.78, 5) is 41.2. The van der Waals surface area contributed by atoms with Gasteiger partial charge in [-0.3, -0.25) is 19.3 Å². The quantitative estimate of drug-likeness (QED) is 0.387. The van der Waals surface area contributed by atoms with E-state index in [0.29, 0.717) is 11.3 Å². The Balaban J connectivity index is 1.36. The minimum atomic E-state index is -0.248. The van der Waals surface area contributed by atoms with E-state index in [1.807, 2.05) is 18.2 Å². The molecule has 3 fully saturated rings. The van der Waals surface area contributed by atoms with Crippen molar-refractivity contribution in [1.82, 2.24) is 0 Å². The first-order valence-corrected chi connectivity index (χ1v) is 13.4. The van der Waals surface area contributed by atoms with Gasteiger partial charge in [0.2, 0.25) is 11.8 Å². The van der Waals surface area contributed by atoms with Gasteiger partial charge in [-0.2, -0.15) is 0 Å². The molecule has 2 aromatic rings. The van der Waals surface area contributed by atoms with Crippen molar-refractivity contribution < 1.29 is 14.4 Å². The third kappa shape index (κ3) is 3.50. The third-order valence-electron chi connectivity index (χ3n) is 7.61. The number of hydrogen-bond donors (Lipinski definition) is 1. The van der Waals surface area contributed by atoms with Gasteiger partial charge in [0.25, 0.3) is 5.91 Å². The SMILES string of the molecule is CCc1cccc(CC)c1NC(=O)c1ccc(N2C(=O)[C@@H]3[C@H]4C[C@@H]([C@@H](Br)[C@H]4Br)[C@H]3C2=O)cc1. The van der Waals surface area contributed by atoms with Crippen molar-refractivity contribution in [2.24, 2.45) is 23.7 Å². The van der Waals surface area contributed by atoms with Gasteiger partial charge in [-0.05, 0) is 66.5 Å². The van der Waals surface area contributed by atoms with E-state index < -0.39 is 0 Å². The molecule has 1 heterocycles. The Morgan fingerprint density at radius 3 is 1.91 bits per heavy atom. The maximum atomic E-state index is 13.2. The van der Waals surface area contributed by atoms with Crippen LogP contribution in [0.15, 0.2) is 42.5 Å². The lowest BCUT2D eigenvalue weighted by Gasteiger charge is -2.28. The summed E-state index contributed by atoms with van der Waals surface area (Å²) in [5.41, 5.74) is 4.11. The predicted octanol–water partition coefficient (Wildman–Crippen LogP) is 5.35. The second kappa shape index (κ2) is 8.66. The van der Waals surface area contributed by atoms with Crippen LogP contribution in [0.3, 0.4) is 0 Å². The number of nitrogens with zero attached hydrogens (tertiary/aromatic N) is 1. The number of nitrogens with one attached hydrogen (secondary N) is 1. The minimum Gasteiger partial charge on any atom is -0.321 e. The molecule has 2 saturated carbocycles. The fraction of sp³-hybridized carbons (Fsp3) is 0.423. The topological polar surface area (TPSA) is 66.5 Å². The van der Waals surface area contributed by atoms with Crippen LogP contribution < -0.4 is 10.2 Å². The summed E-state index contributed by atoms with van der Waals surface area (Å²) in [6.45, 7) is 4.14. The second-order valence-corrected chi connectivity index (χ2v) is 11.3. The maximum absolute atomic E-state index is 13.2. The second-order valence-electron chi connectivity index (χ2n) is 9.18. The van der Waals surface area contributed by atoms with Gasteiger partial charge in [-0.1, -0.05) is 63.9 Å². The van der Waals surface area contributed by atoms with Gasteiger partial charge in [-0.15, -0.1) is 0 Å². The molecule has 7 heteroatoms. The van der Waals surface area contributed by atoms with Crippen molar-refractivity contribution in [2.45, 2.75) is 42.8 Å². The van der Waals surface area contributed by atoms with Crippen molar-refractivity contribution in [2.75, 3.05) is 10.2 Å². The number of imide groups is 1. The van der Waals surface area contributed by atoms with E-state index in [0.717, 1.165) is 36.1 Å². The van der Waals surface area contributed by atoms with Crippen LogP contribution in [0.5, 0.6) is 0 Å². The molecule has 172 valence electrons. The molecule has 0 radical (unpaired) electrons. The van der Waals surface area contributed by atoms with Gasteiger partial charge in [0.15, 0.2) is 0 Å². The number of anilines is 2. The highest BCUT2D eigenvalue weighted by Gasteiger charge is 2.66. The van der Waals surface area contributed by atoms with Gasteiger partial charge in [-0.25, -0.2) is 0 Å². The van der Waals surface area contributed by atoms with E-state index >= 15 is 0 Å². The summed E-state index contributed by atoms with van der Waals surface area (Å²) in [7, 11) is 0. The van der Waals surface area contributed by atoms with Gasteiger partial charge < -0.3 is 5.32 Å². The zero-order chi connectivity index (χ0) is 23.4. The zero-order valence-corrected chi connectivity index (χ0v) is 21.7. The molecule has 6 atom stereocenters. The van der Waals surface area contributed by atoms with Crippen LogP contribution in [0.1, 0.15) is 41.8 Å². The van der Waals surface area contributed by atoms with Gasteiger partial charge in [0, 0.05) is 20.9 Å². The molecule has 2 aliphatic carbocycles. The molecular weight excluding hydrogens is 548 g/mol. The molecule has 5 rings (SSSR count). The number of carbonyl (C=O) groups excluding carboxylic acids is 3. The Kier molecular flexibility index (Phi) is 5.98. The highest BCUT2D eigenvalue weighted by atomic mass is 79.9. The smallest absolute Gasteiger partial charge is 0.255 e. The summed E-state index contributed by atoms with van der Waals surface area (Å²) in [5, 5.41) is 3.07. The summed E-state index contributed by atoms with van der Waals surface area (Å²) >= 11 is 7.44. The van der Waals surface area contributed by atoms with Crippen molar-refractivity contribution >= 4 is 61.0 Å². The number of hydrogen-bond acceptors (Lipinski definition) is 3. The van der Waals surface area contributed by atoms with Crippen molar-refractivity contribution in [3.8, 4) is 0 Å². The number of carbonyl (C=O) groups is 3. The molecule has 2 bridgehead atoms. The fourth-order valence-electron chi connectivity index (χ4n) is 5.95. The number of rotatable bonds is 5. The van der Waals surface area contributed by atoms with Gasteiger partial charge >= 0.3 is 0 Å². The number of amides is 3. The van der Waals surface area contributed by atoms with Crippen LogP contribution >= 0.6 is 31.9 Å². The first kappa shape index (κ1) is 22.8. The Morgan fingerprint density at radius 1 is 0.909 bits per heavy atom. The maximum Gasteiger partial charge on any atom is 0.255 e. The molecule has 3 amide bonds. The number of aryl methyl sites for hydroxylation is 2. The van der Waals surface area contributed by atoms with E-state index in [-0.39, 0.29) is 51.0 Å². The number of fused-ring (bicyclic) bond motifs is 5. The molecule has 1 aliphatic heterocycles. The molecule has 0 spiro atoms. The van der Waals surface area contributed by atoms with Gasteiger partial charge in [0.1, 0.15) is 0 Å². The molecule has 1 saturated heterocycles. The monoisotopic (exact) mass is 572 g/mol. The number of benzene rings is 2. The summed E-state index contributed by atoms with van der Waals surface area (Å²) in [5.74, 6) is -0.547. The Morgan fingerprint density at radius 2 is 1.42 bits per heavy atom. The van der Waals surface area contributed by atoms with Crippen LogP contribution in [-0.4, -0.2) is 27.4 Å². The lowest BCUT2D eigenvalue weighted by Crippen LogP contribution is -2.37. The van der Waals surface area contributed by atoms with E-state index in [1.54, 1.807) is 24.3 Å². The first-order chi connectivity index (χ1) is 15.9. The number of alkyl halides is 2. The molecule has 2 aromatic carbocycles. The largest absolute Gasteiger partial charge is 0.321 e. The highest BCUT2D eigenvalue weighted by Crippen LogP contribution is 2.60. The third-order valence-corrected chi connectivity index (χ3v) is 10.8. The molecule has 0 aromatic heterocycles. The van der Waals surface area contributed by atoms with Crippen LogP contribution in [0.4, 0.5) is 11.4 Å². The summed E-state index contributed by atoms with van der Waals surface area (Å²) in [6, 6.07) is 12.9. The average molecular weight is 574 g/mol. The van der Waals surface area contributed by atoms with E-state index in [2.05, 4.69) is 51.0 Å². The first-order valence-electron chi connectivity index (χ1n) is 11.6. The minimum absolute atomic E-state index is 0.108. The fourth-order valence-corrected chi connectivity index (χ4v) is 7.83. The van der Waals surface area contributed by atoms with E-state index in [9.17, 15) is 14.4 Å². The molecule has 3 aliphatic rings. The highest BCUT2D eigenvalue weighted by molar-refractivity contribution is 9.12. The van der Waals surface area contributed by atoms with E-state index in [4.69, 9.17) is 0 Å². The normalized spacial score (nSPS) is 30.1. The summed E-state index contributed by atoms with van der Waals surface area (Å²) in [6.07, 6.45) is 2.57. The van der Waals surface area contributed by atoms with Crippen molar-refractivity contribution in [3.05, 3.63) is 59.2 Å². The van der Waals surface area contributed by atoms with Gasteiger partial charge in [0.05, 0.1) is 17.5 Å². The van der Waals surface area contributed by atoms with Crippen LogP contribution in [0, 0.1) is 23.7 Å². The molecule has 1 N–H and O–H groups in total. The lowest BCUT2D eigenvalue weighted by atomic mass is 9.81. The lowest BCUT2D eigenvalue weighted by molar-refractivity contribution is -0.123. The molecule has 5 nitrogen and oxygen atoms in total. The predicted molar refractivity (Wildman–Crippen MR) is 136 cm³/mol. The number of para-hydroxylation sites is 1. The molecule has 33 heavy (non-hydrogen) atoms. The standard InChI is InChI=1S/C26H26Br2N2O3/c1-3-13-6-5-7-14(4-2)23(13)29-24(31)15-8-10-16(11-9-15)30-25(32)19-17-12-18(20(19)26(30)33)22(28)21(17)27/h5-11,17-22H,3-4,12H2,1-2H3,(H,29,31)/t17-,18-,19-,20-,21-,22+/m1/s1. The molecular formula is C26H26Br2N2O3. The van der Waals surface area contributed by atoms with Crippen molar-refractivity contribution in [3.63, 3.8) is 0 Å². The van der Waals surface area contributed by atoms with Crippen LogP contribution in [0.2, 0.25) is 0 Å². The van der Waals surface area contributed by atoms with Crippen LogP contribution in [0.25, 0.3) is 0 Å². The zero-order valence-electron chi connectivity index (χ0n) is 18.6. The number of halogens is 2. The average Bonchev–Trinajstić information content (AvgIpc) is 3.44. The Labute approximate surface area is 210 Å². The Hall–Kier alpha value is -1.99. The molecule has 0 unspecified atom stereocenters. The van der Waals surface area contributed by atoms with Crippen LogP contribution in [-0.2, 0) is 22.4 Å². The van der Waals surface area contributed by atoms with Crippen molar-refractivity contribution in [1.29, 1.82) is 0 Å². The Bertz CT molecular complexity index is 1080. The van der Waals surface area contributed by atoms with E-state index in [1.165, 1.54) is 4.90 Å². The summed E-state index contributed by atoms with van der Waals surface area (Å²) < 4.78 is 0.